The molecule has 25 heavy (non-hydrogen) atoms. The first kappa shape index (κ1) is 20.1. The van der Waals surface area contributed by atoms with E-state index in [1.807, 2.05) is 93.0 Å². The summed E-state index contributed by atoms with van der Waals surface area (Å²) in [7, 11) is 6.96. The van der Waals surface area contributed by atoms with Crippen LogP contribution in [0.3, 0.4) is 0 Å². The van der Waals surface area contributed by atoms with Crippen LogP contribution in [0.4, 0.5) is 0 Å². The maximum Gasteiger partial charge on any atom is 0.168 e. The third-order valence-corrected chi connectivity index (χ3v) is 12.9. The van der Waals surface area contributed by atoms with Gasteiger partial charge in [0.25, 0.3) is 0 Å². The van der Waals surface area contributed by atoms with Crippen molar-refractivity contribution in [1.82, 2.24) is 9.34 Å². The molecule has 2 rings (SSSR count). The number of aryl methyl sites for hydroxylation is 1. The number of carbonyl (C=O) groups is 1. The van der Waals surface area contributed by atoms with Crippen molar-refractivity contribution in [2.24, 2.45) is 0 Å². The molecule has 1 N–H and O–H groups in total. The molecule has 0 aliphatic rings. The van der Waals surface area contributed by atoms with Crippen molar-refractivity contribution in [2.75, 3.05) is 28.2 Å². The van der Waals surface area contributed by atoms with Crippen LogP contribution in [0.1, 0.15) is 22.8 Å². The van der Waals surface area contributed by atoms with E-state index in [9.17, 15) is 9.69 Å². The Kier molecular flexibility index (Phi) is 6.41. The normalized spacial score (nSPS) is 13.3. The zero-order chi connectivity index (χ0) is 18.8. The van der Waals surface area contributed by atoms with Gasteiger partial charge in [0.05, 0.1) is 0 Å². The van der Waals surface area contributed by atoms with Crippen molar-refractivity contribution < 1.29 is 9.69 Å². The lowest BCUT2D eigenvalue weighted by molar-refractivity contribution is 0.101. The maximum atomic E-state index is 12.3. The number of benzene rings is 2. The third-order valence-electron chi connectivity index (χ3n) is 4.04. The van der Waals surface area contributed by atoms with Crippen LogP contribution in [0, 0.1) is 6.92 Å². The van der Waals surface area contributed by atoms with E-state index in [-0.39, 0.29) is 5.78 Å². The van der Waals surface area contributed by atoms with Gasteiger partial charge in [-0.1, -0.05) is 46.5 Å². The fourth-order valence-corrected chi connectivity index (χ4v) is 10.8. The standard InChI is InChI=1S/C19H27N2O2PS/c1-15-11-10-14-18(16(2)22)19(15)25(17-12-8-7-9-13-17)24(23,20(3)4)21(5)6/h7-14,23H,1-6H3. The topological polar surface area (TPSA) is 43.8 Å². The van der Waals surface area contributed by atoms with Gasteiger partial charge in [-0.3, -0.25) is 14.1 Å². The molecule has 6 heteroatoms. The van der Waals surface area contributed by atoms with Gasteiger partial charge < -0.3 is 4.89 Å². The first-order valence-corrected chi connectivity index (χ1v) is 11.6. The van der Waals surface area contributed by atoms with Gasteiger partial charge in [-0.2, -0.15) is 0 Å². The summed E-state index contributed by atoms with van der Waals surface area (Å²) in [5.74, 6) is 0.0243. The summed E-state index contributed by atoms with van der Waals surface area (Å²) in [5.41, 5.74) is 1.72. The van der Waals surface area contributed by atoms with E-state index in [4.69, 9.17) is 0 Å². The molecule has 0 amide bonds. The second-order valence-corrected chi connectivity index (χ2v) is 13.0. The summed E-state index contributed by atoms with van der Waals surface area (Å²) in [6, 6.07) is 15.8. The summed E-state index contributed by atoms with van der Waals surface area (Å²) in [5, 5.41) is 0. The zero-order valence-electron chi connectivity index (χ0n) is 15.7. The van der Waals surface area contributed by atoms with E-state index in [0.717, 1.165) is 15.4 Å². The van der Waals surface area contributed by atoms with Gasteiger partial charge >= 0.3 is 0 Å². The summed E-state index contributed by atoms with van der Waals surface area (Å²) in [6.45, 7) is 0.887. The lowest BCUT2D eigenvalue weighted by Crippen LogP contribution is -2.25. The number of nitrogens with zero attached hydrogens (tertiary/aromatic N) is 2. The van der Waals surface area contributed by atoms with Gasteiger partial charge in [0.15, 0.2) is 12.3 Å². The Bertz CT molecular complexity index is 821. The quantitative estimate of drug-likeness (QED) is 0.630. The van der Waals surface area contributed by atoms with E-state index in [0.29, 0.717) is 5.56 Å². The highest BCUT2D eigenvalue weighted by Gasteiger charge is 2.30. The van der Waals surface area contributed by atoms with Crippen LogP contribution in [-0.4, -0.2) is 48.2 Å². The van der Waals surface area contributed by atoms with Crippen LogP contribution < -0.4 is 0 Å². The van der Waals surface area contributed by atoms with Crippen LogP contribution >= 0.6 is 6.57 Å². The van der Waals surface area contributed by atoms with Crippen LogP contribution in [0.5, 0.6) is 0 Å². The molecule has 0 aliphatic heterocycles. The smallest absolute Gasteiger partial charge is 0.168 e. The average molecular weight is 378 g/mol. The largest absolute Gasteiger partial charge is 0.346 e. The summed E-state index contributed by atoms with van der Waals surface area (Å²) < 4.78 is 3.83. The predicted molar refractivity (Wildman–Crippen MR) is 108 cm³/mol. The van der Waals surface area contributed by atoms with E-state index in [2.05, 4.69) is 0 Å². The summed E-state index contributed by atoms with van der Waals surface area (Å²) in [6.07, 6.45) is 0. The van der Waals surface area contributed by atoms with Gasteiger partial charge in [-0.25, -0.2) is 0 Å². The second-order valence-electron chi connectivity index (χ2n) is 6.31. The Hall–Kier alpha value is -1.23. The van der Waals surface area contributed by atoms with Crippen molar-refractivity contribution in [2.45, 2.75) is 23.6 Å². The monoisotopic (exact) mass is 378 g/mol. The van der Waals surface area contributed by atoms with Crippen molar-refractivity contribution in [3.63, 3.8) is 0 Å². The minimum atomic E-state index is -2.72. The Morgan fingerprint density at radius 3 is 2.00 bits per heavy atom. The Balaban J connectivity index is 3.07. The van der Waals surface area contributed by atoms with Crippen molar-refractivity contribution >= 4 is 22.4 Å². The molecule has 2 aromatic carbocycles. The SMILES string of the molecule is CC(=O)c1cccc(C)c1S(c1ccccc1)=P(O)(N(C)C)N(C)C. The molecule has 0 aromatic heterocycles. The number of ketones is 1. The Morgan fingerprint density at radius 1 is 0.960 bits per heavy atom. The van der Waals surface area contributed by atoms with Gasteiger partial charge in [0.1, 0.15) is 0 Å². The van der Waals surface area contributed by atoms with Crippen molar-refractivity contribution in [1.29, 1.82) is 0 Å². The minimum Gasteiger partial charge on any atom is -0.346 e. The van der Waals surface area contributed by atoms with E-state index >= 15 is 0 Å². The van der Waals surface area contributed by atoms with Gasteiger partial charge in [0, 0.05) is 15.4 Å². The molecule has 0 radical (unpaired) electrons. The van der Waals surface area contributed by atoms with Crippen molar-refractivity contribution in [3.05, 3.63) is 59.7 Å². The Morgan fingerprint density at radius 2 is 1.52 bits per heavy atom. The molecule has 136 valence electrons. The number of Topliss-reactive ketones (excluding diaryl/α,β-unsaturated/α-hetero) is 1. The molecule has 0 fully saturated rings. The highest BCUT2D eigenvalue weighted by molar-refractivity contribution is 8.29. The van der Waals surface area contributed by atoms with Gasteiger partial charge in [-0.15, -0.1) is 0 Å². The van der Waals surface area contributed by atoms with Gasteiger partial charge in [0.2, 0.25) is 0 Å². The van der Waals surface area contributed by atoms with Gasteiger partial charge in [-0.05, 0) is 59.7 Å². The number of hydrogen-bond donors (Lipinski definition) is 1. The lowest BCUT2D eigenvalue weighted by Gasteiger charge is -2.37. The number of carbonyl (C=O) groups excluding carboxylic acids is 1. The fourth-order valence-electron chi connectivity index (χ4n) is 2.80. The highest BCUT2D eigenvalue weighted by atomic mass is 32.5. The third kappa shape index (κ3) is 3.81. The molecule has 0 saturated heterocycles. The second kappa shape index (κ2) is 7.98. The lowest BCUT2D eigenvalue weighted by atomic mass is 10.1. The molecular formula is C19H27N2O2PS. The predicted octanol–water partition coefficient (Wildman–Crippen LogP) is 4.03. The summed E-state index contributed by atoms with van der Waals surface area (Å²) in [4.78, 5) is 26.1. The van der Waals surface area contributed by atoms with Crippen LogP contribution in [0.2, 0.25) is 0 Å². The molecule has 2 aromatic rings. The van der Waals surface area contributed by atoms with Crippen LogP contribution in [-0.2, 0) is 10.1 Å². The molecule has 0 aliphatic carbocycles. The number of rotatable bonds is 5. The molecule has 0 heterocycles. The first-order chi connectivity index (χ1) is 11.7. The van der Waals surface area contributed by atoms with E-state index < -0.39 is 16.6 Å². The first-order valence-electron chi connectivity index (χ1n) is 8.09. The molecule has 4 nitrogen and oxygen atoms in total. The minimum absolute atomic E-state index is 0.0243. The molecular weight excluding hydrogens is 351 g/mol. The molecule has 0 spiro atoms. The van der Waals surface area contributed by atoms with E-state index in [1.165, 1.54) is 0 Å². The average Bonchev–Trinajstić information content (AvgIpc) is 2.56. The molecule has 1 atom stereocenters. The molecule has 0 bridgehead atoms. The highest BCUT2D eigenvalue weighted by Crippen LogP contribution is 2.55. The van der Waals surface area contributed by atoms with Crippen LogP contribution in [0.25, 0.3) is 0 Å². The number of hydrogen-bond acceptors (Lipinski definition) is 1. The molecule has 1 unspecified atom stereocenters. The van der Waals surface area contributed by atoms with E-state index in [1.54, 1.807) is 6.92 Å². The molecule has 0 saturated carbocycles. The Labute approximate surface area is 153 Å². The summed E-state index contributed by atoms with van der Waals surface area (Å²) >= 11 is 0. The van der Waals surface area contributed by atoms with Crippen molar-refractivity contribution in [3.8, 4) is 0 Å². The zero-order valence-corrected chi connectivity index (χ0v) is 17.4. The fraction of sp³-hybridized carbons (Fsp3) is 0.316. The maximum absolute atomic E-state index is 12.3. The van der Waals surface area contributed by atoms with Crippen LogP contribution in [0.15, 0.2) is 58.3 Å².